The molecule has 0 spiro atoms. The van der Waals surface area contributed by atoms with E-state index in [1.165, 1.54) is 7.11 Å². The van der Waals surface area contributed by atoms with Crippen molar-refractivity contribution in [3.63, 3.8) is 0 Å². The van der Waals surface area contributed by atoms with Crippen LogP contribution in [0.3, 0.4) is 0 Å². The molecule has 144 valence electrons. The minimum Gasteiger partial charge on any atom is -0.388 e. The number of hydrogen-bond donors (Lipinski definition) is 2. The Hall–Kier alpha value is -2.20. The maximum Gasteiger partial charge on any atom is 0.143 e. The molecule has 0 saturated heterocycles. The van der Waals surface area contributed by atoms with Crippen LogP contribution in [0.1, 0.15) is 11.1 Å². The summed E-state index contributed by atoms with van der Waals surface area (Å²) in [5.74, 6) is 2.23. The lowest BCUT2D eigenvalue weighted by atomic mass is 10.0. The van der Waals surface area contributed by atoms with Crippen molar-refractivity contribution in [2.45, 2.75) is 37.6 Å². The summed E-state index contributed by atoms with van der Waals surface area (Å²) in [6.07, 6.45) is 1.36. The molecule has 5 nitrogen and oxygen atoms in total. The summed E-state index contributed by atoms with van der Waals surface area (Å²) in [5, 5.41) is 20.6. The van der Waals surface area contributed by atoms with E-state index in [0.717, 1.165) is 11.1 Å². The Morgan fingerprint density at radius 2 is 1.44 bits per heavy atom. The molecule has 0 aromatic heterocycles. The van der Waals surface area contributed by atoms with Crippen LogP contribution in [0.4, 0.5) is 0 Å². The first-order chi connectivity index (χ1) is 13.2. The lowest BCUT2D eigenvalue weighted by Crippen LogP contribution is -2.48. The van der Waals surface area contributed by atoms with Gasteiger partial charge in [0.1, 0.15) is 24.4 Å². The molecule has 0 aliphatic heterocycles. The van der Waals surface area contributed by atoms with E-state index >= 15 is 0 Å². The first kappa shape index (κ1) is 21.1. The standard InChI is InChI=1S/C22H26O5/c1-3-19(23)21(25-2)22(27-15-18-12-8-5-9-13-18)20(24)16-26-14-17-10-6-4-7-11-17/h1,4-13,19-24H,14-16H2,2H3/t19?,20-,21+,22-/m1/s1. The third kappa shape index (κ3) is 6.79. The van der Waals surface area contributed by atoms with Crippen LogP contribution >= 0.6 is 0 Å². The molecule has 2 N–H and O–H groups in total. The number of benzene rings is 2. The highest BCUT2D eigenvalue weighted by molar-refractivity contribution is 5.14. The van der Waals surface area contributed by atoms with Crippen LogP contribution in [-0.2, 0) is 27.4 Å². The van der Waals surface area contributed by atoms with Gasteiger partial charge in [-0.05, 0) is 11.1 Å². The molecule has 27 heavy (non-hydrogen) atoms. The number of methoxy groups -OCH3 is 1. The molecule has 5 heteroatoms. The second-order valence-electron chi connectivity index (χ2n) is 6.14. The zero-order chi connectivity index (χ0) is 19.5. The molecule has 0 amide bonds. The number of ether oxygens (including phenoxy) is 3. The van der Waals surface area contributed by atoms with Gasteiger partial charge >= 0.3 is 0 Å². The van der Waals surface area contributed by atoms with Crippen molar-refractivity contribution in [3.05, 3.63) is 71.8 Å². The van der Waals surface area contributed by atoms with E-state index in [1.807, 2.05) is 60.7 Å². The van der Waals surface area contributed by atoms with Crippen molar-refractivity contribution in [3.8, 4) is 12.3 Å². The highest BCUT2D eigenvalue weighted by Gasteiger charge is 2.34. The Morgan fingerprint density at radius 3 is 1.96 bits per heavy atom. The van der Waals surface area contributed by atoms with Crippen LogP contribution in [0.15, 0.2) is 60.7 Å². The van der Waals surface area contributed by atoms with Gasteiger partial charge in [0.15, 0.2) is 0 Å². The van der Waals surface area contributed by atoms with Gasteiger partial charge in [0.25, 0.3) is 0 Å². The average molecular weight is 370 g/mol. The van der Waals surface area contributed by atoms with Gasteiger partial charge in [0.2, 0.25) is 0 Å². The van der Waals surface area contributed by atoms with Crippen molar-refractivity contribution in [2.75, 3.05) is 13.7 Å². The van der Waals surface area contributed by atoms with Crippen molar-refractivity contribution < 1.29 is 24.4 Å². The Kier molecular flexibility index (Phi) is 8.99. The third-order valence-corrected chi connectivity index (χ3v) is 4.14. The Balaban J connectivity index is 1.99. The summed E-state index contributed by atoms with van der Waals surface area (Å²) in [6.45, 7) is 0.628. The van der Waals surface area contributed by atoms with Crippen LogP contribution in [0.5, 0.6) is 0 Å². The molecule has 0 heterocycles. The normalized spacial score (nSPS) is 15.5. The number of hydrogen-bond acceptors (Lipinski definition) is 5. The first-order valence-electron chi connectivity index (χ1n) is 8.78. The summed E-state index contributed by atoms with van der Waals surface area (Å²) in [7, 11) is 1.42. The molecule has 2 rings (SSSR count). The Morgan fingerprint density at radius 1 is 0.889 bits per heavy atom. The van der Waals surface area contributed by atoms with Crippen LogP contribution in [0, 0.1) is 12.3 Å². The zero-order valence-corrected chi connectivity index (χ0v) is 15.4. The summed E-state index contributed by atoms with van der Waals surface area (Å²) in [6, 6.07) is 19.2. The fourth-order valence-electron chi connectivity index (χ4n) is 2.70. The molecular formula is C22H26O5. The lowest BCUT2D eigenvalue weighted by Gasteiger charge is -2.31. The molecule has 0 bridgehead atoms. The van der Waals surface area contributed by atoms with E-state index in [4.69, 9.17) is 20.6 Å². The quantitative estimate of drug-likeness (QED) is 0.594. The van der Waals surface area contributed by atoms with Gasteiger partial charge in [0, 0.05) is 7.11 Å². The van der Waals surface area contributed by atoms with E-state index in [2.05, 4.69) is 5.92 Å². The summed E-state index contributed by atoms with van der Waals surface area (Å²) >= 11 is 0. The van der Waals surface area contributed by atoms with Gasteiger partial charge in [-0.3, -0.25) is 0 Å². The number of terminal acetylenes is 1. The molecule has 4 atom stereocenters. The van der Waals surface area contributed by atoms with Gasteiger partial charge < -0.3 is 24.4 Å². The van der Waals surface area contributed by atoms with Gasteiger partial charge in [-0.2, -0.15) is 0 Å². The van der Waals surface area contributed by atoms with Gasteiger partial charge in [-0.15, -0.1) is 6.42 Å². The number of rotatable bonds is 11. The van der Waals surface area contributed by atoms with Crippen molar-refractivity contribution in [1.29, 1.82) is 0 Å². The van der Waals surface area contributed by atoms with Crippen molar-refractivity contribution in [1.82, 2.24) is 0 Å². The maximum absolute atomic E-state index is 10.6. The minimum absolute atomic E-state index is 0.0193. The SMILES string of the molecule is C#CC(O)[C@H](OC)[C@H](OCc1ccccc1)[C@H](O)COCc1ccccc1. The van der Waals surface area contributed by atoms with Crippen molar-refractivity contribution >= 4 is 0 Å². The smallest absolute Gasteiger partial charge is 0.143 e. The monoisotopic (exact) mass is 370 g/mol. The second kappa shape index (κ2) is 11.5. The number of aliphatic hydroxyl groups excluding tert-OH is 2. The first-order valence-corrected chi connectivity index (χ1v) is 8.78. The molecule has 0 radical (unpaired) electrons. The average Bonchev–Trinajstić information content (AvgIpc) is 2.72. The fraction of sp³-hybridized carbons (Fsp3) is 0.364. The van der Waals surface area contributed by atoms with Crippen molar-refractivity contribution in [2.24, 2.45) is 0 Å². The molecule has 0 aliphatic carbocycles. The van der Waals surface area contributed by atoms with Gasteiger partial charge in [0.05, 0.1) is 19.8 Å². The molecule has 1 unspecified atom stereocenters. The molecule has 2 aromatic carbocycles. The second-order valence-corrected chi connectivity index (χ2v) is 6.14. The van der Waals surface area contributed by atoms with Gasteiger partial charge in [-0.25, -0.2) is 0 Å². The highest BCUT2D eigenvalue weighted by atomic mass is 16.6. The predicted octanol–water partition coefficient (Wildman–Crippen LogP) is 2.16. The largest absolute Gasteiger partial charge is 0.388 e. The summed E-state index contributed by atoms with van der Waals surface area (Å²) in [5.41, 5.74) is 1.93. The lowest BCUT2D eigenvalue weighted by molar-refractivity contribution is -0.155. The molecular weight excluding hydrogens is 344 g/mol. The van der Waals surface area contributed by atoms with Crippen LogP contribution in [0.25, 0.3) is 0 Å². The maximum atomic E-state index is 10.6. The molecule has 0 fully saturated rings. The van der Waals surface area contributed by atoms with E-state index in [-0.39, 0.29) is 13.2 Å². The summed E-state index contributed by atoms with van der Waals surface area (Å²) in [4.78, 5) is 0. The van der Waals surface area contributed by atoms with E-state index < -0.39 is 24.4 Å². The Bertz CT molecular complexity index is 683. The van der Waals surface area contributed by atoms with E-state index in [1.54, 1.807) is 0 Å². The molecule has 0 aliphatic rings. The molecule has 0 saturated carbocycles. The molecule has 2 aromatic rings. The minimum atomic E-state index is -1.21. The van der Waals surface area contributed by atoms with Crippen LogP contribution in [0.2, 0.25) is 0 Å². The Labute approximate surface area is 160 Å². The predicted molar refractivity (Wildman–Crippen MR) is 103 cm³/mol. The summed E-state index contributed by atoms with van der Waals surface area (Å²) < 4.78 is 16.8. The van der Waals surface area contributed by atoms with Crippen LogP contribution < -0.4 is 0 Å². The van der Waals surface area contributed by atoms with Gasteiger partial charge in [-0.1, -0.05) is 66.6 Å². The fourth-order valence-corrected chi connectivity index (χ4v) is 2.70. The highest BCUT2D eigenvalue weighted by Crippen LogP contribution is 2.16. The number of aliphatic hydroxyl groups is 2. The third-order valence-electron chi connectivity index (χ3n) is 4.14. The topological polar surface area (TPSA) is 68.2 Å². The van der Waals surface area contributed by atoms with E-state index in [0.29, 0.717) is 6.61 Å². The zero-order valence-electron chi connectivity index (χ0n) is 15.4. The van der Waals surface area contributed by atoms with Crippen LogP contribution in [-0.4, -0.2) is 48.3 Å². The van der Waals surface area contributed by atoms with E-state index in [9.17, 15) is 10.2 Å².